The van der Waals surface area contributed by atoms with E-state index in [-0.39, 0.29) is 0 Å². The van der Waals surface area contributed by atoms with Crippen LogP contribution in [0.3, 0.4) is 0 Å². The van der Waals surface area contributed by atoms with Crippen LogP contribution in [-0.4, -0.2) is 28.8 Å². The second kappa shape index (κ2) is 13.2. The Balaban J connectivity index is 0.000000655. The van der Waals surface area contributed by atoms with Crippen molar-refractivity contribution in [3.63, 3.8) is 0 Å². The Kier molecular flexibility index (Phi) is 10.3. The molecule has 6 nitrogen and oxygen atoms in total. The maximum Gasteiger partial charge on any atom is 0.165 e. The number of benzene rings is 2. The average molecular weight is 475 g/mol. The maximum absolute atomic E-state index is 5.51. The lowest BCUT2D eigenvalue weighted by molar-refractivity contribution is 0.352. The quantitative estimate of drug-likeness (QED) is 0.291. The van der Waals surface area contributed by atoms with Crippen LogP contribution < -0.4 is 14.8 Å². The normalized spacial score (nSPS) is 9.94. The van der Waals surface area contributed by atoms with Gasteiger partial charge in [-0.2, -0.15) is 5.10 Å². The lowest BCUT2D eigenvalue weighted by atomic mass is 10.1. The van der Waals surface area contributed by atoms with E-state index in [1.165, 1.54) is 11.1 Å². The zero-order valence-electron chi connectivity index (χ0n) is 22.3. The van der Waals surface area contributed by atoms with E-state index in [2.05, 4.69) is 55.1 Å². The Morgan fingerprint density at radius 2 is 1.77 bits per heavy atom. The maximum atomic E-state index is 5.51. The van der Waals surface area contributed by atoms with Crippen molar-refractivity contribution in [1.29, 1.82) is 0 Å². The molecule has 186 valence electrons. The summed E-state index contributed by atoms with van der Waals surface area (Å²) in [5.74, 6) is 2.20. The minimum absolute atomic E-state index is 0.695. The number of ether oxygens (including phenoxy) is 2. The molecule has 2 aromatic heterocycles. The lowest BCUT2D eigenvalue weighted by Crippen LogP contribution is -2.00. The highest BCUT2D eigenvalue weighted by Crippen LogP contribution is 2.36. The van der Waals surface area contributed by atoms with Gasteiger partial charge in [0, 0.05) is 23.5 Å². The number of anilines is 2. The summed E-state index contributed by atoms with van der Waals surface area (Å²) in [5.41, 5.74) is 7.24. The standard InChI is InChI=1S/C23H24N4O2.C4H8.C2H6/c1-5-16-12-18(13-20(28-3)22(16)29-4)25-21-9-10-27-23(26-21)19(14-24-27)17-8-6-7-15(2)11-17;1-4(2)3;1-2/h6-14H,5H2,1-4H3,(H,25,26);1H2,2-3H3;1-2H3. The van der Waals surface area contributed by atoms with Crippen molar-refractivity contribution in [3.05, 3.63) is 78.1 Å². The van der Waals surface area contributed by atoms with Gasteiger partial charge in [0.15, 0.2) is 17.1 Å². The molecule has 4 aromatic rings. The first-order valence-corrected chi connectivity index (χ1v) is 11.9. The molecule has 2 aromatic carbocycles. The van der Waals surface area contributed by atoms with Gasteiger partial charge in [0.2, 0.25) is 0 Å². The van der Waals surface area contributed by atoms with Crippen LogP contribution in [0.15, 0.2) is 67.0 Å². The third kappa shape index (κ3) is 7.09. The van der Waals surface area contributed by atoms with E-state index >= 15 is 0 Å². The van der Waals surface area contributed by atoms with Crippen molar-refractivity contribution < 1.29 is 9.47 Å². The predicted molar refractivity (Wildman–Crippen MR) is 147 cm³/mol. The summed E-state index contributed by atoms with van der Waals surface area (Å²) in [6.45, 7) is 15.7. The summed E-state index contributed by atoms with van der Waals surface area (Å²) in [7, 11) is 3.30. The zero-order chi connectivity index (χ0) is 26.0. The molecule has 0 bridgehead atoms. The summed E-state index contributed by atoms with van der Waals surface area (Å²) in [4.78, 5) is 4.81. The van der Waals surface area contributed by atoms with Crippen molar-refractivity contribution in [2.45, 2.75) is 48.0 Å². The Hall–Kier alpha value is -3.80. The SMILES string of the molecule is C=C(C)C.CC.CCc1cc(Nc2ccn3ncc(-c4cccc(C)c4)c3n2)cc(OC)c1OC. The second-order valence-corrected chi connectivity index (χ2v) is 8.07. The molecule has 0 spiro atoms. The summed E-state index contributed by atoms with van der Waals surface area (Å²) >= 11 is 0. The number of hydrogen-bond acceptors (Lipinski definition) is 5. The van der Waals surface area contributed by atoms with Crippen LogP contribution in [0, 0.1) is 6.92 Å². The third-order valence-electron chi connectivity index (χ3n) is 4.91. The molecule has 1 N–H and O–H groups in total. The minimum atomic E-state index is 0.695. The number of nitrogens with zero attached hydrogens (tertiary/aromatic N) is 3. The number of aryl methyl sites for hydroxylation is 2. The van der Waals surface area contributed by atoms with Gasteiger partial charge in [0.1, 0.15) is 5.82 Å². The number of methoxy groups -OCH3 is 2. The van der Waals surface area contributed by atoms with E-state index in [4.69, 9.17) is 14.5 Å². The van der Waals surface area contributed by atoms with Gasteiger partial charge < -0.3 is 14.8 Å². The van der Waals surface area contributed by atoms with Crippen LogP contribution >= 0.6 is 0 Å². The van der Waals surface area contributed by atoms with Gasteiger partial charge in [-0.15, -0.1) is 6.58 Å². The van der Waals surface area contributed by atoms with Crippen molar-refractivity contribution in [3.8, 4) is 22.6 Å². The number of rotatable bonds is 6. The molecule has 0 aliphatic heterocycles. The van der Waals surface area contributed by atoms with E-state index in [1.54, 1.807) is 18.7 Å². The van der Waals surface area contributed by atoms with Gasteiger partial charge >= 0.3 is 0 Å². The van der Waals surface area contributed by atoms with Crippen molar-refractivity contribution in [2.75, 3.05) is 19.5 Å². The molecular formula is C29H38N4O2. The van der Waals surface area contributed by atoms with E-state index in [0.29, 0.717) is 5.75 Å². The molecule has 0 unspecified atom stereocenters. The minimum Gasteiger partial charge on any atom is -0.493 e. The van der Waals surface area contributed by atoms with Crippen molar-refractivity contribution >= 4 is 17.2 Å². The molecule has 0 aliphatic carbocycles. The molecular weight excluding hydrogens is 436 g/mol. The van der Waals surface area contributed by atoms with Crippen LogP contribution in [0.1, 0.15) is 45.7 Å². The van der Waals surface area contributed by atoms with E-state index in [0.717, 1.165) is 46.0 Å². The van der Waals surface area contributed by atoms with Crippen molar-refractivity contribution in [2.24, 2.45) is 0 Å². The highest BCUT2D eigenvalue weighted by molar-refractivity contribution is 5.78. The summed E-state index contributed by atoms with van der Waals surface area (Å²) in [6, 6.07) is 14.2. The average Bonchev–Trinajstić information content (AvgIpc) is 3.27. The lowest BCUT2D eigenvalue weighted by Gasteiger charge is -2.15. The molecule has 2 heterocycles. The fourth-order valence-corrected chi connectivity index (χ4v) is 3.48. The van der Waals surface area contributed by atoms with Gasteiger partial charge in [0.25, 0.3) is 0 Å². The largest absolute Gasteiger partial charge is 0.493 e. The first kappa shape index (κ1) is 27.4. The van der Waals surface area contributed by atoms with Crippen LogP contribution in [-0.2, 0) is 6.42 Å². The molecule has 6 heteroatoms. The van der Waals surface area contributed by atoms with E-state index in [1.807, 2.05) is 58.3 Å². The van der Waals surface area contributed by atoms with Gasteiger partial charge in [-0.05, 0) is 50.5 Å². The molecule has 0 radical (unpaired) electrons. The molecule has 0 atom stereocenters. The van der Waals surface area contributed by atoms with Crippen molar-refractivity contribution in [1.82, 2.24) is 14.6 Å². The van der Waals surface area contributed by atoms with Gasteiger partial charge in [0.05, 0.1) is 20.4 Å². The summed E-state index contributed by atoms with van der Waals surface area (Å²) in [5, 5.41) is 7.83. The first-order valence-electron chi connectivity index (χ1n) is 11.9. The van der Waals surface area contributed by atoms with Crippen LogP contribution in [0.5, 0.6) is 11.5 Å². The Labute approximate surface area is 209 Å². The van der Waals surface area contributed by atoms with E-state index < -0.39 is 0 Å². The Morgan fingerprint density at radius 3 is 2.37 bits per heavy atom. The molecule has 4 rings (SSSR count). The molecule has 0 amide bonds. The van der Waals surface area contributed by atoms with Crippen LogP contribution in [0.4, 0.5) is 11.5 Å². The highest BCUT2D eigenvalue weighted by atomic mass is 16.5. The fourth-order valence-electron chi connectivity index (χ4n) is 3.48. The predicted octanol–water partition coefficient (Wildman–Crippen LogP) is 7.64. The third-order valence-corrected chi connectivity index (χ3v) is 4.91. The van der Waals surface area contributed by atoms with Crippen LogP contribution in [0.25, 0.3) is 16.8 Å². The number of fused-ring (bicyclic) bond motifs is 1. The van der Waals surface area contributed by atoms with E-state index in [9.17, 15) is 0 Å². The topological polar surface area (TPSA) is 60.7 Å². The number of allylic oxidation sites excluding steroid dienone is 1. The molecule has 35 heavy (non-hydrogen) atoms. The van der Waals surface area contributed by atoms with Gasteiger partial charge in [-0.3, -0.25) is 0 Å². The summed E-state index contributed by atoms with van der Waals surface area (Å²) in [6.07, 6.45) is 4.60. The Bertz CT molecular complexity index is 1230. The monoisotopic (exact) mass is 474 g/mol. The number of nitrogens with one attached hydrogen (secondary N) is 1. The van der Waals surface area contributed by atoms with Gasteiger partial charge in [-0.1, -0.05) is 56.2 Å². The fraction of sp³-hybridized carbons (Fsp3) is 0.310. The molecule has 0 fully saturated rings. The zero-order valence-corrected chi connectivity index (χ0v) is 22.3. The Morgan fingerprint density at radius 1 is 1.06 bits per heavy atom. The van der Waals surface area contributed by atoms with Crippen LogP contribution in [0.2, 0.25) is 0 Å². The van der Waals surface area contributed by atoms with Gasteiger partial charge in [-0.25, -0.2) is 9.50 Å². The first-order chi connectivity index (χ1) is 16.9. The highest BCUT2D eigenvalue weighted by Gasteiger charge is 2.13. The smallest absolute Gasteiger partial charge is 0.165 e. The second-order valence-electron chi connectivity index (χ2n) is 8.07. The molecule has 0 saturated heterocycles. The molecule has 0 saturated carbocycles. The number of hydrogen-bond donors (Lipinski definition) is 1. The number of aromatic nitrogens is 3. The summed E-state index contributed by atoms with van der Waals surface area (Å²) < 4.78 is 12.8. The molecule has 0 aliphatic rings.